The van der Waals surface area contributed by atoms with Gasteiger partial charge in [0.1, 0.15) is 0 Å². The number of ether oxygens (including phenoxy) is 1. The van der Waals surface area contributed by atoms with Crippen molar-refractivity contribution in [2.45, 2.75) is 44.8 Å². The van der Waals surface area contributed by atoms with Crippen molar-refractivity contribution in [3.8, 4) is 0 Å². The van der Waals surface area contributed by atoms with Crippen molar-refractivity contribution in [2.75, 3.05) is 0 Å². The van der Waals surface area contributed by atoms with Gasteiger partial charge in [0.25, 0.3) is 0 Å². The van der Waals surface area contributed by atoms with Gasteiger partial charge in [-0.1, -0.05) is 66.8 Å². The molecule has 0 spiro atoms. The summed E-state index contributed by atoms with van der Waals surface area (Å²) >= 11 is 0. The molecule has 0 saturated carbocycles. The molecule has 0 amide bonds. The first-order valence-electron chi connectivity index (χ1n) is 7.49. The molecule has 1 heteroatoms. The highest BCUT2D eigenvalue weighted by atomic mass is 16.5. The van der Waals surface area contributed by atoms with Crippen LogP contribution < -0.4 is 0 Å². The standard InChI is InChI=1S/C19H24O/c1-17-10-4-2-7-14-19(15-9-8-11-17)20-16-18-12-5-3-6-13-18/h2-3,5-8,11-13,19H,1,4,9-10,14-16H2/b7-2+,11-8-. The van der Waals surface area contributed by atoms with Gasteiger partial charge in [-0.2, -0.15) is 0 Å². The zero-order valence-electron chi connectivity index (χ0n) is 12.1. The summed E-state index contributed by atoms with van der Waals surface area (Å²) in [6.45, 7) is 4.77. The topological polar surface area (TPSA) is 9.23 Å². The van der Waals surface area contributed by atoms with E-state index in [0.29, 0.717) is 12.7 Å². The first-order valence-corrected chi connectivity index (χ1v) is 7.49. The summed E-state index contributed by atoms with van der Waals surface area (Å²) in [5.41, 5.74) is 2.47. The molecule has 1 aliphatic rings. The van der Waals surface area contributed by atoms with Crippen LogP contribution in [0.25, 0.3) is 0 Å². The predicted molar refractivity (Wildman–Crippen MR) is 85.5 cm³/mol. The Morgan fingerprint density at radius 1 is 1.05 bits per heavy atom. The fourth-order valence-corrected chi connectivity index (χ4v) is 2.31. The molecule has 1 aromatic carbocycles. The van der Waals surface area contributed by atoms with E-state index in [1.54, 1.807) is 0 Å². The quantitative estimate of drug-likeness (QED) is 0.684. The lowest BCUT2D eigenvalue weighted by Crippen LogP contribution is -2.11. The lowest BCUT2D eigenvalue weighted by Gasteiger charge is -2.15. The third-order valence-corrected chi connectivity index (χ3v) is 3.54. The number of benzene rings is 1. The molecule has 0 fully saturated rings. The summed E-state index contributed by atoms with van der Waals surface area (Å²) in [7, 11) is 0. The normalized spacial score (nSPS) is 23.8. The van der Waals surface area contributed by atoms with Crippen LogP contribution in [0.5, 0.6) is 0 Å². The van der Waals surface area contributed by atoms with Crippen molar-refractivity contribution in [1.29, 1.82) is 0 Å². The summed E-state index contributed by atoms with van der Waals surface area (Å²) in [5.74, 6) is 0. The minimum Gasteiger partial charge on any atom is -0.373 e. The van der Waals surface area contributed by atoms with Crippen molar-refractivity contribution >= 4 is 0 Å². The molecule has 0 aliphatic heterocycles. The Bertz CT molecular complexity index is 456. The first-order chi connectivity index (χ1) is 9.84. The van der Waals surface area contributed by atoms with E-state index in [9.17, 15) is 0 Å². The number of hydrogen-bond acceptors (Lipinski definition) is 1. The van der Waals surface area contributed by atoms with Gasteiger partial charge in [-0.3, -0.25) is 0 Å². The highest BCUT2D eigenvalue weighted by molar-refractivity contribution is 5.15. The van der Waals surface area contributed by atoms with E-state index in [4.69, 9.17) is 4.74 Å². The van der Waals surface area contributed by atoms with Gasteiger partial charge < -0.3 is 4.74 Å². The van der Waals surface area contributed by atoms with Gasteiger partial charge in [-0.05, 0) is 37.7 Å². The molecule has 20 heavy (non-hydrogen) atoms. The Morgan fingerprint density at radius 3 is 2.75 bits per heavy atom. The molecule has 1 aliphatic carbocycles. The Hall–Kier alpha value is -1.60. The minimum absolute atomic E-state index is 0.308. The predicted octanol–water partition coefficient (Wildman–Crippen LogP) is 5.20. The van der Waals surface area contributed by atoms with Crippen molar-refractivity contribution < 1.29 is 4.74 Å². The molecule has 1 nitrogen and oxygen atoms in total. The molecule has 0 heterocycles. The highest BCUT2D eigenvalue weighted by Crippen LogP contribution is 2.15. The van der Waals surface area contributed by atoms with Crippen LogP contribution in [0.2, 0.25) is 0 Å². The summed E-state index contributed by atoms with van der Waals surface area (Å²) in [5, 5.41) is 0. The highest BCUT2D eigenvalue weighted by Gasteiger charge is 2.07. The van der Waals surface area contributed by atoms with Crippen LogP contribution in [0.4, 0.5) is 0 Å². The van der Waals surface area contributed by atoms with Crippen molar-refractivity contribution in [3.05, 3.63) is 72.4 Å². The summed E-state index contributed by atoms with van der Waals surface area (Å²) < 4.78 is 6.06. The fourth-order valence-electron chi connectivity index (χ4n) is 2.31. The molecule has 0 N–H and O–H groups in total. The molecule has 106 valence electrons. The van der Waals surface area contributed by atoms with Crippen LogP contribution in [0.15, 0.2) is 66.8 Å². The van der Waals surface area contributed by atoms with Crippen molar-refractivity contribution in [2.24, 2.45) is 0 Å². The molecular formula is C19H24O. The van der Waals surface area contributed by atoms with E-state index in [1.165, 1.54) is 11.1 Å². The Morgan fingerprint density at radius 2 is 1.90 bits per heavy atom. The second-order valence-corrected chi connectivity index (χ2v) is 5.30. The number of allylic oxidation sites excluding steroid dienone is 4. The molecule has 2 rings (SSSR count). The summed E-state index contributed by atoms with van der Waals surface area (Å²) in [6.07, 6.45) is 14.5. The maximum Gasteiger partial charge on any atom is 0.0720 e. The van der Waals surface area contributed by atoms with Crippen molar-refractivity contribution in [1.82, 2.24) is 0 Å². The first kappa shape index (κ1) is 14.8. The van der Waals surface area contributed by atoms with Crippen LogP contribution in [-0.2, 0) is 11.3 Å². The molecule has 1 aromatic rings. The molecular weight excluding hydrogens is 244 g/mol. The van der Waals surface area contributed by atoms with Gasteiger partial charge in [-0.15, -0.1) is 0 Å². The zero-order chi connectivity index (χ0) is 14.0. The van der Waals surface area contributed by atoms with E-state index in [2.05, 4.69) is 55.1 Å². The van der Waals surface area contributed by atoms with E-state index < -0.39 is 0 Å². The third-order valence-electron chi connectivity index (χ3n) is 3.54. The minimum atomic E-state index is 0.308. The van der Waals surface area contributed by atoms with Gasteiger partial charge in [0.05, 0.1) is 12.7 Å². The van der Waals surface area contributed by atoms with Crippen LogP contribution in [0.1, 0.15) is 37.7 Å². The third kappa shape index (κ3) is 5.58. The van der Waals surface area contributed by atoms with Gasteiger partial charge in [0.15, 0.2) is 0 Å². The second kappa shape index (κ2) is 8.55. The molecule has 0 aromatic heterocycles. The number of hydrogen-bond donors (Lipinski definition) is 0. The van der Waals surface area contributed by atoms with Crippen LogP contribution >= 0.6 is 0 Å². The van der Waals surface area contributed by atoms with Gasteiger partial charge in [0.2, 0.25) is 0 Å². The van der Waals surface area contributed by atoms with Crippen LogP contribution in [0.3, 0.4) is 0 Å². The average Bonchev–Trinajstić information content (AvgIpc) is 2.52. The van der Waals surface area contributed by atoms with Crippen LogP contribution in [0, 0.1) is 0 Å². The van der Waals surface area contributed by atoms with E-state index in [1.807, 2.05) is 6.07 Å². The second-order valence-electron chi connectivity index (χ2n) is 5.30. The van der Waals surface area contributed by atoms with E-state index in [-0.39, 0.29) is 0 Å². The summed E-state index contributed by atoms with van der Waals surface area (Å²) in [4.78, 5) is 0. The Balaban J connectivity index is 1.86. The molecule has 1 atom stereocenters. The number of rotatable bonds is 3. The zero-order valence-corrected chi connectivity index (χ0v) is 12.1. The lowest BCUT2D eigenvalue weighted by molar-refractivity contribution is 0.0376. The molecule has 1 unspecified atom stereocenters. The lowest BCUT2D eigenvalue weighted by atomic mass is 10.1. The average molecular weight is 268 g/mol. The maximum atomic E-state index is 6.06. The Labute approximate surface area is 122 Å². The van der Waals surface area contributed by atoms with E-state index >= 15 is 0 Å². The van der Waals surface area contributed by atoms with Gasteiger partial charge in [0, 0.05) is 0 Å². The Kier molecular flexibility index (Phi) is 6.33. The fraction of sp³-hybridized carbons (Fsp3) is 0.368. The van der Waals surface area contributed by atoms with Crippen LogP contribution in [-0.4, -0.2) is 6.10 Å². The van der Waals surface area contributed by atoms with E-state index in [0.717, 1.165) is 32.1 Å². The largest absolute Gasteiger partial charge is 0.373 e. The monoisotopic (exact) mass is 268 g/mol. The molecule has 0 radical (unpaired) electrons. The molecule has 0 bridgehead atoms. The maximum absolute atomic E-state index is 6.06. The molecule has 0 saturated heterocycles. The SMILES string of the molecule is C=C1/C=C\CCC(OCc2ccccc2)C/C=C/CC1. The van der Waals surface area contributed by atoms with Gasteiger partial charge >= 0.3 is 0 Å². The van der Waals surface area contributed by atoms with Crippen molar-refractivity contribution in [3.63, 3.8) is 0 Å². The summed E-state index contributed by atoms with van der Waals surface area (Å²) in [6, 6.07) is 10.4. The smallest absolute Gasteiger partial charge is 0.0720 e. The van der Waals surface area contributed by atoms with Gasteiger partial charge in [-0.25, -0.2) is 0 Å².